The molecule has 3 rings (SSSR count). The van der Waals surface area contributed by atoms with E-state index in [0.29, 0.717) is 17.9 Å². The normalized spacial score (nSPS) is 11.4. The summed E-state index contributed by atoms with van der Waals surface area (Å²) in [6, 6.07) is 17.9. The first-order valence-corrected chi connectivity index (χ1v) is 12.6. The highest BCUT2D eigenvalue weighted by Crippen LogP contribution is 2.24. The topological polar surface area (TPSA) is 118 Å². The van der Waals surface area contributed by atoms with Crippen molar-refractivity contribution in [3.8, 4) is 11.5 Å². The Kier molecular flexibility index (Phi) is 8.08. The van der Waals surface area contributed by atoms with Crippen molar-refractivity contribution in [2.24, 2.45) is 0 Å². The third-order valence-corrected chi connectivity index (χ3v) is 6.33. The molecule has 0 heterocycles. The first-order chi connectivity index (χ1) is 14.4. The molecule has 0 fully saturated rings. The van der Waals surface area contributed by atoms with Crippen LogP contribution < -0.4 is 4.74 Å². The van der Waals surface area contributed by atoms with Crippen LogP contribution in [0.5, 0.6) is 11.5 Å². The third-order valence-electron chi connectivity index (χ3n) is 4.13. The molecule has 0 aliphatic rings. The first kappa shape index (κ1) is 24.7. The molecule has 0 saturated carbocycles. The van der Waals surface area contributed by atoms with E-state index in [1.165, 1.54) is 24.3 Å². The molecule has 0 radical (unpaired) electrons. The van der Waals surface area contributed by atoms with Crippen LogP contribution in [-0.4, -0.2) is 26.5 Å². The summed E-state index contributed by atoms with van der Waals surface area (Å²) < 4.78 is 57.8. The predicted molar refractivity (Wildman–Crippen MR) is 118 cm³/mol. The standard InChI is InChI=1S/C14H13ClO3S.C7H8O4S/c1-11-9-13(19(15,16)17)7-8-14(11)18-10-12-5-3-2-4-6-12;1-5-4-6(12(9,10)11)2-3-7(5)8/h2-9H,10H2,1H3;2-4,8H,1H3,(H,9,10,11). The van der Waals surface area contributed by atoms with E-state index in [-0.39, 0.29) is 15.5 Å². The van der Waals surface area contributed by atoms with Gasteiger partial charge in [-0.05, 0) is 66.9 Å². The Hall–Kier alpha value is -2.59. The Balaban J connectivity index is 0.000000245. The smallest absolute Gasteiger partial charge is 0.294 e. The van der Waals surface area contributed by atoms with Crippen LogP contribution in [0.3, 0.4) is 0 Å². The molecule has 0 aliphatic heterocycles. The van der Waals surface area contributed by atoms with E-state index >= 15 is 0 Å². The van der Waals surface area contributed by atoms with Crippen molar-refractivity contribution in [1.29, 1.82) is 0 Å². The van der Waals surface area contributed by atoms with Gasteiger partial charge in [0.25, 0.3) is 19.2 Å². The fourth-order valence-corrected chi connectivity index (χ4v) is 3.86. The van der Waals surface area contributed by atoms with Gasteiger partial charge in [-0.2, -0.15) is 8.42 Å². The zero-order chi connectivity index (χ0) is 23.2. The van der Waals surface area contributed by atoms with E-state index in [4.69, 9.17) is 25.1 Å². The molecule has 7 nitrogen and oxygen atoms in total. The lowest BCUT2D eigenvalue weighted by molar-refractivity contribution is 0.304. The molecule has 31 heavy (non-hydrogen) atoms. The van der Waals surface area contributed by atoms with Crippen LogP contribution in [0.2, 0.25) is 0 Å². The van der Waals surface area contributed by atoms with E-state index in [2.05, 4.69) is 0 Å². The van der Waals surface area contributed by atoms with E-state index in [1.54, 1.807) is 19.9 Å². The third kappa shape index (κ3) is 7.55. The second-order valence-corrected chi connectivity index (χ2v) is 10.6. The van der Waals surface area contributed by atoms with Crippen molar-refractivity contribution in [2.45, 2.75) is 30.2 Å². The molecule has 3 aromatic rings. The minimum Gasteiger partial charge on any atom is -0.508 e. The number of halogens is 1. The number of rotatable bonds is 5. The molecule has 0 saturated heterocycles. The van der Waals surface area contributed by atoms with Crippen molar-refractivity contribution in [2.75, 3.05) is 0 Å². The maximum absolute atomic E-state index is 11.2. The zero-order valence-electron chi connectivity index (χ0n) is 16.7. The summed E-state index contributed by atoms with van der Waals surface area (Å²) in [6.07, 6.45) is 0. The number of phenols is 1. The summed E-state index contributed by atoms with van der Waals surface area (Å²) >= 11 is 0. The van der Waals surface area contributed by atoms with Gasteiger partial charge in [-0.1, -0.05) is 30.3 Å². The number of benzene rings is 3. The zero-order valence-corrected chi connectivity index (χ0v) is 19.1. The maximum Gasteiger partial charge on any atom is 0.294 e. The second kappa shape index (κ2) is 10.1. The lowest BCUT2D eigenvalue weighted by atomic mass is 10.2. The number of ether oxygens (including phenoxy) is 1. The number of aromatic hydroxyl groups is 1. The van der Waals surface area contributed by atoms with E-state index < -0.39 is 19.2 Å². The highest BCUT2D eigenvalue weighted by atomic mass is 35.7. The average Bonchev–Trinajstić information content (AvgIpc) is 2.69. The molecule has 0 spiro atoms. The average molecular weight is 485 g/mol. The van der Waals surface area contributed by atoms with Crippen molar-refractivity contribution in [3.05, 3.63) is 83.4 Å². The molecule has 0 unspecified atom stereocenters. The van der Waals surface area contributed by atoms with E-state index in [9.17, 15) is 16.8 Å². The fourth-order valence-electron chi connectivity index (χ4n) is 2.46. The molecule has 0 atom stereocenters. The van der Waals surface area contributed by atoms with Gasteiger partial charge in [0.1, 0.15) is 18.1 Å². The van der Waals surface area contributed by atoms with Crippen molar-refractivity contribution >= 4 is 29.9 Å². The molecule has 3 aromatic carbocycles. The molecule has 0 bridgehead atoms. The van der Waals surface area contributed by atoms with Crippen LogP contribution in [-0.2, 0) is 25.8 Å². The van der Waals surface area contributed by atoms with Gasteiger partial charge in [-0.15, -0.1) is 0 Å². The van der Waals surface area contributed by atoms with Crippen LogP contribution in [0.1, 0.15) is 16.7 Å². The number of hydrogen-bond acceptors (Lipinski definition) is 6. The SMILES string of the molecule is Cc1cc(S(=O)(=O)Cl)ccc1OCc1ccccc1.Cc1cc(S(=O)(=O)O)ccc1O. The number of hydrogen-bond donors (Lipinski definition) is 2. The molecule has 166 valence electrons. The lowest BCUT2D eigenvalue weighted by Gasteiger charge is -2.10. The Morgan fingerprint density at radius 2 is 1.42 bits per heavy atom. The van der Waals surface area contributed by atoms with Crippen LogP contribution in [0.4, 0.5) is 0 Å². The van der Waals surface area contributed by atoms with Crippen LogP contribution in [0, 0.1) is 13.8 Å². The first-order valence-electron chi connectivity index (χ1n) is 8.87. The van der Waals surface area contributed by atoms with Crippen LogP contribution >= 0.6 is 10.7 Å². The summed E-state index contributed by atoms with van der Waals surface area (Å²) in [5, 5.41) is 9.03. The summed E-state index contributed by atoms with van der Waals surface area (Å²) in [6.45, 7) is 3.77. The van der Waals surface area contributed by atoms with Crippen molar-refractivity contribution in [1.82, 2.24) is 0 Å². The largest absolute Gasteiger partial charge is 0.508 e. The summed E-state index contributed by atoms with van der Waals surface area (Å²) in [7, 11) is -2.56. The minimum absolute atomic E-state index is 0.00222. The van der Waals surface area contributed by atoms with Crippen LogP contribution in [0.15, 0.2) is 76.5 Å². The number of phenolic OH excluding ortho intramolecular Hbond substituents is 1. The highest BCUT2D eigenvalue weighted by Gasteiger charge is 2.12. The second-order valence-electron chi connectivity index (χ2n) is 6.56. The van der Waals surface area contributed by atoms with Gasteiger partial charge in [0.2, 0.25) is 0 Å². The maximum atomic E-state index is 11.2. The Bertz CT molecular complexity index is 1260. The predicted octanol–water partition coefficient (Wildman–Crippen LogP) is 4.45. The lowest BCUT2D eigenvalue weighted by Crippen LogP contribution is -1.98. The van der Waals surface area contributed by atoms with Gasteiger partial charge >= 0.3 is 0 Å². The van der Waals surface area contributed by atoms with Gasteiger partial charge < -0.3 is 9.84 Å². The van der Waals surface area contributed by atoms with E-state index in [1.807, 2.05) is 30.3 Å². The Morgan fingerprint density at radius 3 is 1.94 bits per heavy atom. The molecule has 0 aliphatic carbocycles. The fraction of sp³-hybridized carbons (Fsp3) is 0.143. The van der Waals surface area contributed by atoms with Gasteiger partial charge in [0.05, 0.1) is 9.79 Å². The quantitative estimate of drug-likeness (QED) is 0.405. The summed E-state index contributed by atoms with van der Waals surface area (Å²) in [4.78, 5) is -0.128. The molecule has 0 amide bonds. The molecule has 2 N–H and O–H groups in total. The monoisotopic (exact) mass is 484 g/mol. The molecular formula is C21H21ClO7S2. The summed E-state index contributed by atoms with van der Waals surface area (Å²) in [5.74, 6) is 0.648. The van der Waals surface area contributed by atoms with Gasteiger partial charge in [0.15, 0.2) is 0 Å². The van der Waals surface area contributed by atoms with Crippen LogP contribution in [0.25, 0.3) is 0 Å². The molecular weight excluding hydrogens is 464 g/mol. The summed E-state index contributed by atoms with van der Waals surface area (Å²) in [5.41, 5.74) is 2.19. The van der Waals surface area contributed by atoms with Gasteiger partial charge in [-0.3, -0.25) is 4.55 Å². The Morgan fingerprint density at radius 1 is 0.839 bits per heavy atom. The van der Waals surface area contributed by atoms with Gasteiger partial charge in [0, 0.05) is 10.7 Å². The Labute approximate surface area is 186 Å². The molecule has 0 aromatic heterocycles. The van der Waals surface area contributed by atoms with Crippen molar-refractivity contribution < 1.29 is 31.2 Å². The van der Waals surface area contributed by atoms with Crippen molar-refractivity contribution in [3.63, 3.8) is 0 Å². The molecule has 10 heteroatoms. The number of aryl methyl sites for hydroxylation is 2. The van der Waals surface area contributed by atoms with E-state index in [0.717, 1.165) is 17.2 Å². The minimum atomic E-state index is -4.15. The van der Waals surface area contributed by atoms with Gasteiger partial charge in [-0.25, -0.2) is 8.42 Å². The highest BCUT2D eigenvalue weighted by molar-refractivity contribution is 8.13.